The molecule has 2 unspecified atom stereocenters. The van der Waals surface area contributed by atoms with E-state index in [0.29, 0.717) is 11.3 Å². The highest BCUT2D eigenvalue weighted by atomic mass is 35.5. The van der Waals surface area contributed by atoms with Gasteiger partial charge in [-0.3, -0.25) is 4.79 Å². The molecule has 3 nitrogen and oxygen atoms in total. The second kappa shape index (κ2) is 6.25. The van der Waals surface area contributed by atoms with Crippen LogP contribution in [0.15, 0.2) is 0 Å². The standard InChI is InChI=1S/C14H26N2O.ClH/c1-3-14(2)6-8-16(9-7-14)13(17)11-4-5-12(15)10-11;/h11-12H,3-10,15H2,1-2H3;1H. The van der Waals surface area contributed by atoms with Gasteiger partial charge in [-0.2, -0.15) is 0 Å². The summed E-state index contributed by atoms with van der Waals surface area (Å²) in [5, 5.41) is 0. The number of piperidine rings is 1. The molecule has 0 aromatic rings. The Hall–Kier alpha value is -0.280. The molecule has 0 aromatic carbocycles. The largest absolute Gasteiger partial charge is 0.342 e. The highest BCUT2D eigenvalue weighted by Gasteiger charge is 2.35. The third-order valence-electron chi connectivity index (χ3n) is 4.96. The summed E-state index contributed by atoms with van der Waals surface area (Å²) < 4.78 is 0. The van der Waals surface area contributed by atoms with Crippen molar-refractivity contribution in [3.8, 4) is 0 Å². The van der Waals surface area contributed by atoms with Crippen LogP contribution in [-0.2, 0) is 4.79 Å². The molecule has 0 spiro atoms. The van der Waals surface area contributed by atoms with Gasteiger partial charge in [-0.05, 0) is 37.5 Å². The van der Waals surface area contributed by atoms with Crippen molar-refractivity contribution < 1.29 is 4.79 Å². The van der Waals surface area contributed by atoms with E-state index in [1.54, 1.807) is 0 Å². The van der Waals surface area contributed by atoms with Gasteiger partial charge in [-0.15, -0.1) is 12.4 Å². The third kappa shape index (κ3) is 3.39. The van der Waals surface area contributed by atoms with Crippen LogP contribution in [0.2, 0.25) is 0 Å². The minimum atomic E-state index is 0. The molecule has 2 fully saturated rings. The van der Waals surface area contributed by atoms with Gasteiger partial charge in [0.25, 0.3) is 0 Å². The number of likely N-dealkylation sites (tertiary alicyclic amines) is 1. The minimum absolute atomic E-state index is 0. The van der Waals surface area contributed by atoms with Gasteiger partial charge in [-0.25, -0.2) is 0 Å². The van der Waals surface area contributed by atoms with Crippen molar-refractivity contribution in [2.45, 2.75) is 58.4 Å². The number of hydrogen-bond acceptors (Lipinski definition) is 2. The Morgan fingerprint density at radius 2 is 1.94 bits per heavy atom. The van der Waals surface area contributed by atoms with E-state index in [-0.39, 0.29) is 24.4 Å². The van der Waals surface area contributed by atoms with Crippen LogP contribution in [0, 0.1) is 11.3 Å². The molecule has 1 saturated heterocycles. The summed E-state index contributed by atoms with van der Waals surface area (Å²) >= 11 is 0. The number of nitrogens with two attached hydrogens (primary N) is 1. The van der Waals surface area contributed by atoms with E-state index in [1.807, 2.05) is 0 Å². The van der Waals surface area contributed by atoms with E-state index in [4.69, 9.17) is 5.73 Å². The molecule has 1 amide bonds. The Bertz CT molecular complexity index is 288. The molecule has 106 valence electrons. The first-order valence-electron chi connectivity index (χ1n) is 7.08. The second-order valence-electron chi connectivity index (χ2n) is 6.26. The summed E-state index contributed by atoms with van der Waals surface area (Å²) in [7, 11) is 0. The van der Waals surface area contributed by atoms with Crippen molar-refractivity contribution in [2.24, 2.45) is 17.1 Å². The first kappa shape index (κ1) is 15.8. The Morgan fingerprint density at radius 1 is 1.33 bits per heavy atom. The van der Waals surface area contributed by atoms with Crippen LogP contribution in [-0.4, -0.2) is 29.9 Å². The lowest BCUT2D eigenvalue weighted by atomic mass is 9.78. The van der Waals surface area contributed by atoms with Crippen molar-refractivity contribution >= 4 is 18.3 Å². The zero-order chi connectivity index (χ0) is 12.5. The fourth-order valence-electron chi connectivity index (χ4n) is 3.12. The van der Waals surface area contributed by atoms with Gasteiger partial charge < -0.3 is 10.6 Å². The molecule has 1 aliphatic heterocycles. The summed E-state index contributed by atoms with van der Waals surface area (Å²) in [6.45, 7) is 6.51. The average molecular weight is 275 g/mol. The molecule has 2 N–H and O–H groups in total. The van der Waals surface area contributed by atoms with Gasteiger partial charge in [0, 0.05) is 25.0 Å². The fraction of sp³-hybridized carbons (Fsp3) is 0.929. The quantitative estimate of drug-likeness (QED) is 0.841. The zero-order valence-corrected chi connectivity index (χ0v) is 12.5. The third-order valence-corrected chi connectivity index (χ3v) is 4.96. The predicted molar refractivity (Wildman–Crippen MR) is 76.8 cm³/mol. The van der Waals surface area contributed by atoms with Gasteiger partial charge in [0.05, 0.1) is 0 Å². The Labute approximate surface area is 117 Å². The topological polar surface area (TPSA) is 46.3 Å². The Kier molecular flexibility index (Phi) is 5.47. The first-order valence-corrected chi connectivity index (χ1v) is 7.08. The van der Waals surface area contributed by atoms with E-state index in [9.17, 15) is 4.79 Å². The molecule has 2 aliphatic rings. The normalized spacial score (nSPS) is 30.9. The number of carbonyl (C=O) groups excluding carboxylic acids is 1. The van der Waals surface area contributed by atoms with Gasteiger partial charge in [-0.1, -0.05) is 20.3 Å². The molecule has 2 atom stereocenters. The van der Waals surface area contributed by atoms with E-state index in [2.05, 4.69) is 18.7 Å². The lowest BCUT2D eigenvalue weighted by Gasteiger charge is -2.39. The lowest BCUT2D eigenvalue weighted by molar-refractivity contribution is -0.137. The SMILES string of the molecule is CCC1(C)CCN(C(=O)C2CCC(N)C2)CC1.Cl. The number of nitrogens with zero attached hydrogens (tertiary/aromatic N) is 1. The number of amides is 1. The highest BCUT2D eigenvalue weighted by Crippen LogP contribution is 2.35. The number of carbonyl (C=O) groups is 1. The van der Waals surface area contributed by atoms with Crippen molar-refractivity contribution in [3.05, 3.63) is 0 Å². The molecule has 0 radical (unpaired) electrons. The molecule has 1 aliphatic carbocycles. The predicted octanol–water partition coefficient (Wildman–Crippen LogP) is 2.57. The smallest absolute Gasteiger partial charge is 0.225 e. The van der Waals surface area contributed by atoms with Gasteiger partial charge >= 0.3 is 0 Å². The maximum Gasteiger partial charge on any atom is 0.225 e. The van der Waals surface area contributed by atoms with E-state index in [0.717, 1.165) is 45.2 Å². The van der Waals surface area contributed by atoms with Crippen molar-refractivity contribution in [2.75, 3.05) is 13.1 Å². The molecule has 1 heterocycles. The van der Waals surface area contributed by atoms with E-state index in [1.165, 1.54) is 6.42 Å². The van der Waals surface area contributed by atoms with Crippen LogP contribution in [0.5, 0.6) is 0 Å². The second-order valence-corrected chi connectivity index (χ2v) is 6.26. The first-order chi connectivity index (χ1) is 8.04. The Balaban J connectivity index is 0.00000162. The maximum atomic E-state index is 12.3. The van der Waals surface area contributed by atoms with Crippen molar-refractivity contribution in [1.82, 2.24) is 4.90 Å². The molecule has 1 saturated carbocycles. The molecule has 18 heavy (non-hydrogen) atoms. The molecule has 4 heteroatoms. The van der Waals surface area contributed by atoms with Crippen LogP contribution in [0.4, 0.5) is 0 Å². The summed E-state index contributed by atoms with van der Waals surface area (Å²) in [6.07, 6.45) is 6.48. The van der Waals surface area contributed by atoms with Crippen LogP contribution < -0.4 is 5.73 Å². The monoisotopic (exact) mass is 274 g/mol. The van der Waals surface area contributed by atoms with Gasteiger partial charge in [0.1, 0.15) is 0 Å². The van der Waals surface area contributed by atoms with Crippen molar-refractivity contribution in [3.63, 3.8) is 0 Å². The zero-order valence-electron chi connectivity index (χ0n) is 11.7. The van der Waals surface area contributed by atoms with Crippen LogP contribution in [0.1, 0.15) is 52.4 Å². The number of rotatable bonds is 2. The minimum Gasteiger partial charge on any atom is -0.342 e. The van der Waals surface area contributed by atoms with Gasteiger partial charge in [0.2, 0.25) is 5.91 Å². The fourth-order valence-corrected chi connectivity index (χ4v) is 3.12. The maximum absolute atomic E-state index is 12.3. The Morgan fingerprint density at radius 3 is 2.39 bits per heavy atom. The lowest BCUT2D eigenvalue weighted by Crippen LogP contribution is -2.44. The molecular formula is C14H27ClN2O. The number of halogens is 1. The summed E-state index contributed by atoms with van der Waals surface area (Å²) in [5.74, 6) is 0.590. The van der Waals surface area contributed by atoms with Crippen LogP contribution in [0.25, 0.3) is 0 Å². The average Bonchev–Trinajstić information content (AvgIpc) is 2.76. The van der Waals surface area contributed by atoms with Crippen LogP contribution in [0.3, 0.4) is 0 Å². The molecule has 0 bridgehead atoms. The van der Waals surface area contributed by atoms with Crippen molar-refractivity contribution in [1.29, 1.82) is 0 Å². The highest BCUT2D eigenvalue weighted by molar-refractivity contribution is 5.85. The van der Waals surface area contributed by atoms with Crippen LogP contribution >= 0.6 is 12.4 Å². The summed E-state index contributed by atoms with van der Waals surface area (Å²) in [6, 6.07) is 0.259. The molecule has 0 aromatic heterocycles. The molecular weight excluding hydrogens is 248 g/mol. The molecule has 2 rings (SSSR count). The van der Waals surface area contributed by atoms with E-state index >= 15 is 0 Å². The van der Waals surface area contributed by atoms with Gasteiger partial charge in [0.15, 0.2) is 0 Å². The summed E-state index contributed by atoms with van der Waals surface area (Å²) in [4.78, 5) is 14.4. The van der Waals surface area contributed by atoms with E-state index < -0.39 is 0 Å². The number of hydrogen-bond donors (Lipinski definition) is 1. The summed E-state index contributed by atoms with van der Waals surface area (Å²) in [5.41, 5.74) is 6.35.